The van der Waals surface area contributed by atoms with Crippen LogP contribution in [0.2, 0.25) is 0 Å². The number of amides is 1. The van der Waals surface area contributed by atoms with E-state index in [1.165, 1.54) is 11.5 Å². The molecule has 0 bridgehead atoms. The van der Waals surface area contributed by atoms with Gasteiger partial charge in [-0.15, -0.1) is 0 Å². The summed E-state index contributed by atoms with van der Waals surface area (Å²) in [6.07, 6.45) is 2.18. The fourth-order valence-corrected chi connectivity index (χ4v) is 3.44. The molecule has 1 aliphatic carbocycles. The maximum atomic E-state index is 12.9. The molecule has 0 spiro atoms. The van der Waals surface area contributed by atoms with Crippen molar-refractivity contribution in [1.29, 1.82) is 0 Å². The number of rotatable bonds is 6. The topological polar surface area (TPSA) is 53.4 Å². The van der Waals surface area contributed by atoms with Crippen LogP contribution in [0.3, 0.4) is 0 Å². The minimum absolute atomic E-state index is 0.0137. The van der Waals surface area contributed by atoms with Gasteiger partial charge < -0.3 is 10.0 Å². The molecule has 0 radical (unpaired) electrons. The van der Waals surface area contributed by atoms with Crippen molar-refractivity contribution in [3.63, 3.8) is 0 Å². The van der Waals surface area contributed by atoms with E-state index < -0.39 is 0 Å². The summed E-state index contributed by atoms with van der Waals surface area (Å²) in [5, 5.41) is 11.6. The third-order valence-corrected chi connectivity index (χ3v) is 4.91. The first-order valence-electron chi connectivity index (χ1n) is 7.57. The minimum atomic E-state index is -0.105. The molecule has 5 heteroatoms. The number of nitrogens with zero attached hydrogens (tertiary/aromatic N) is 2. The average molecular weight is 316 g/mol. The van der Waals surface area contributed by atoms with Gasteiger partial charge in [0.1, 0.15) is 0 Å². The number of hydrogen-bond donors (Lipinski definition) is 1. The van der Waals surface area contributed by atoms with Crippen LogP contribution in [0.5, 0.6) is 0 Å². The lowest BCUT2D eigenvalue weighted by atomic mass is 10.1. The standard InChI is InChI=1S/C17H20N2O2S/c1-12-15(11-22-18-12)17(21)19(16(10-20)14-7-8-14)9-13-5-3-2-4-6-13/h2-6,11,14,16,20H,7-10H2,1H3. The Hall–Kier alpha value is -1.72. The predicted molar refractivity (Wildman–Crippen MR) is 86.8 cm³/mol. The van der Waals surface area contributed by atoms with E-state index in [2.05, 4.69) is 4.37 Å². The minimum Gasteiger partial charge on any atom is -0.394 e. The monoisotopic (exact) mass is 316 g/mol. The van der Waals surface area contributed by atoms with Gasteiger partial charge in [0.25, 0.3) is 5.91 Å². The predicted octanol–water partition coefficient (Wildman–Crippen LogP) is 2.86. The van der Waals surface area contributed by atoms with E-state index in [4.69, 9.17) is 0 Å². The number of aryl methyl sites for hydroxylation is 1. The van der Waals surface area contributed by atoms with Crippen molar-refractivity contribution >= 4 is 17.4 Å². The summed E-state index contributed by atoms with van der Waals surface area (Å²) in [4.78, 5) is 14.8. The van der Waals surface area contributed by atoms with E-state index in [-0.39, 0.29) is 18.6 Å². The van der Waals surface area contributed by atoms with Crippen LogP contribution in [0, 0.1) is 12.8 Å². The Balaban J connectivity index is 1.88. The highest BCUT2D eigenvalue weighted by Gasteiger charge is 2.37. The normalized spacial score (nSPS) is 15.5. The zero-order chi connectivity index (χ0) is 15.5. The summed E-state index contributed by atoms with van der Waals surface area (Å²) < 4.78 is 4.20. The van der Waals surface area contributed by atoms with Crippen LogP contribution >= 0.6 is 11.5 Å². The molecular formula is C17H20N2O2S. The van der Waals surface area contributed by atoms with Crippen LogP contribution in [0.25, 0.3) is 0 Å². The molecule has 1 unspecified atom stereocenters. The molecule has 1 heterocycles. The smallest absolute Gasteiger partial charge is 0.257 e. The van der Waals surface area contributed by atoms with Gasteiger partial charge in [-0.05, 0) is 42.8 Å². The van der Waals surface area contributed by atoms with E-state index in [9.17, 15) is 9.90 Å². The summed E-state index contributed by atoms with van der Waals surface area (Å²) in [6, 6.07) is 9.83. The average Bonchev–Trinajstić information content (AvgIpc) is 3.28. The van der Waals surface area contributed by atoms with Gasteiger partial charge in [0, 0.05) is 11.9 Å². The quantitative estimate of drug-likeness (QED) is 0.891. The van der Waals surface area contributed by atoms with Gasteiger partial charge in [0.05, 0.1) is 23.9 Å². The SMILES string of the molecule is Cc1nscc1C(=O)N(Cc1ccccc1)C(CO)C1CC1. The van der Waals surface area contributed by atoms with E-state index in [1.807, 2.05) is 42.2 Å². The maximum Gasteiger partial charge on any atom is 0.257 e. The fraction of sp³-hybridized carbons (Fsp3) is 0.412. The molecule has 1 saturated carbocycles. The number of aliphatic hydroxyl groups is 1. The molecule has 3 rings (SSSR count). The highest BCUT2D eigenvalue weighted by Crippen LogP contribution is 2.36. The Morgan fingerprint density at radius 1 is 1.41 bits per heavy atom. The first-order chi connectivity index (χ1) is 10.7. The van der Waals surface area contributed by atoms with Gasteiger partial charge >= 0.3 is 0 Å². The summed E-state index contributed by atoms with van der Waals surface area (Å²) in [5.74, 6) is 0.394. The second-order valence-corrected chi connectivity index (χ2v) is 6.45. The fourth-order valence-electron chi connectivity index (χ4n) is 2.76. The molecule has 1 atom stereocenters. The van der Waals surface area contributed by atoms with Crippen LogP contribution in [0.15, 0.2) is 35.7 Å². The maximum absolute atomic E-state index is 12.9. The number of aromatic nitrogens is 1. The van der Waals surface area contributed by atoms with E-state index in [0.717, 1.165) is 24.1 Å². The summed E-state index contributed by atoms with van der Waals surface area (Å²) in [7, 11) is 0. The van der Waals surface area contributed by atoms with Gasteiger partial charge in [0.15, 0.2) is 0 Å². The Morgan fingerprint density at radius 2 is 2.14 bits per heavy atom. The lowest BCUT2D eigenvalue weighted by Crippen LogP contribution is -2.43. The van der Waals surface area contributed by atoms with E-state index in [1.54, 1.807) is 5.38 Å². The number of benzene rings is 1. The van der Waals surface area contributed by atoms with Crippen LogP contribution in [-0.2, 0) is 6.54 Å². The first kappa shape index (κ1) is 15.2. The molecule has 1 N–H and O–H groups in total. The summed E-state index contributed by atoms with van der Waals surface area (Å²) in [6.45, 7) is 2.39. The Kier molecular flexibility index (Phi) is 4.55. The Morgan fingerprint density at radius 3 is 2.68 bits per heavy atom. The van der Waals surface area contributed by atoms with Gasteiger partial charge in [-0.2, -0.15) is 4.37 Å². The molecule has 0 saturated heterocycles. The van der Waals surface area contributed by atoms with Gasteiger partial charge in [-0.25, -0.2) is 0 Å². The number of carbonyl (C=O) groups is 1. The number of aliphatic hydroxyl groups excluding tert-OH is 1. The van der Waals surface area contributed by atoms with E-state index >= 15 is 0 Å². The molecule has 116 valence electrons. The molecule has 22 heavy (non-hydrogen) atoms. The van der Waals surface area contributed by atoms with Crippen LogP contribution in [0.1, 0.15) is 34.5 Å². The molecule has 4 nitrogen and oxygen atoms in total. The van der Waals surface area contributed by atoms with Crippen LogP contribution in [-0.4, -0.2) is 32.9 Å². The van der Waals surface area contributed by atoms with Gasteiger partial charge in [-0.1, -0.05) is 30.3 Å². The zero-order valence-corrected chi connectivity index (χ0v) is 13.4. The highest BCUT2D eigenvalue weighted by atomic mass is 32.1. The van der Waals surface area contributed by atoms with Crippen molar-refractivity contribution in [3.05, 3.63) is 52.5 Å². The summed E-state index contributed by atoms with van der Waals surface area (Å²) >= 11 is 1.30. The van der Waals surface area contributed by atoms with Crippen LogP contribution < -0.4 is 0 Å². The lowest BCUT2D eigenvalue weighted by Gasteiger charge is -2.31. The molecule has 1 aromatic carbocycles. The van der Waals surface area contributed by atoms with Crippen molar-refractivity contribution in [1.82, 2.24) is 9.27 Å². The summed E-state index contributed by atoms with van der Waals surface area (Å²) in [5.41, 5.74) is 2.50. The largest absolute Gasteiger partial charge is 0.394 e. The molecule has 1 aromatic heterocycles. The number of hydrogen-bond acceptors (Lipinski definition) is 4. The zero-order valence-electron chi connectivity index (χ0n) is 12.6. The Labute approximate surface area is 134 Å². The highest BCUT2D eigenvalue weighted by molar-refractivity contribution is 7.03. The van der Waals surface area contributed by atoms with Crippen molar-refractivity contribution in [2.24, 2.45) is 5.92 Å². The second kappa shape index (κ2) is 6.58. The van der Waals surface area contributed by atoms with Crippen molar-refractivity contribution in [3.8, 4) is 0 Å². The molecular weight excluding hydrogens is 296 g/mol. The third kappa shape index (κ3) is 3.20. The molecule has 2 aromatic rings. The first-order valence-corrected chi connectivity index (χ1v) is 8.41. The van der Waals surface area contributed by atoms with Gasteiger partial charge in [-0.3, -0.25) is 4.79 Å². The molecule has 1 fully saturated rings. The second-order valence-electron chi connectivity index (χ2n) is 5.82. The molecule has 1 aliphatic rings. The van der Waals surface area contributed by atoms with Gasteiger partial charge in [0.2, 0.25) is 0 Å². The molecule has 1 amide bonds. The van der Waals surface area contributed by atoms with Crippen LogP contribution in [0.4, 0.5) is 0 Å². The van der Waals surface area contributed by atoms with Crippen molar-refractivity contribution in [2.45, 2.75) is 32.4 Å². The molecule has 0 aliphatic heterocycles. The van der Waals surface area contributed by atoms with E-state index in [0.29, 0.717) is 18.0 Å². The third-order valence-electron chi connectivity index (χ3n) is 4.19. The Bertz CT molecular complexity index is 637. The lowest BCUT2D eigenvalue weighted by molar-refractivity contribution is 0.0530. The van der Waals surface area contributed by atoms with Crippen molar-refractivity contribution < 1.29 is 9.90 Å². The number of carbonyl (C=O) groups excluding carboxylic acids is 1. The van der Waals surface area contributed by atoms with Crippen molar-refractivity contribution in [2.75, 3.05) is 6.61 Å².